The molecule has 5 nitrogen and oxygen atoms in total. The van der Waals surface area contributed by atoms with Crippen LogP contribution in [0.25, 0.3) is 0 Å². The maximum absolute atomic E-state index is 5.84. The van der Waals surface area contributed by atoms with Gasteiger partial charge in [0.15, 0.2) is 0 Å². The van der Waals surface area contributed by atoms with Gasteiger partial charge < -0.3 is 15.2 Å². The fourth-order valence-corrected chi connectivity index (χ4v) is 1.14. The van der Waals surface area contributed by atoms with Gasteiger partial charge in [0.25, 0.3) is 0 Å². The van der Waals surface area contributed by atoms with E-state index >= 15 is 0 Å². The van der Waals surface area contributed by atoms with Crippen LogP contribution in [0.15, 0.2) is 6.33 Å². The maximum atomic E-state index is 5.84. The first kappa shape index (κ1) is 13.0. The van der Waals surface area contributed by atoms with E-state index < -0.39 is 0 Å². The van der Waals surface area contributed by atoms with E-state index in [-0.39, 0.29) is 10.8 Å². The van der Waals surface area contributed by atoms with Crippen molar-refractivity contribution in [3.8, 4) is 5.88 Å². The van der Waals surface area contributed by atoms with Crippen LogP contribution >= 0.6 is 11.6 Å². The first-order chi connectivity index (χ1) is 7.61. The molecule has 2 N–H and O–H groups in total. The molecule has 0 unspecified atom stereocenters. The third-order valence-corrected chi connectivity index (χ3v) is 2.06. The summed E-state index contributed by atoms with van der Waals surface area (Å²) < 4.78 is 10.7. The molecular formula is C10H16ClN3O2. The van der Waals surface area contributed by atoms with Gasteiger partial charge in [-0.05, 0) is 5.92 Å². The lowest BCUT2D eigenvalue weighted by Crippen LogP contribution is -2.11. The minimum Gasteiger partial charge on any atom is -0.474 e. The predicted molar refractivity (Wildman–Crippen MR) is 62.6 cm³/mol. The number of nitrogens with zero attached hydrogens (tertiary/aromatic N) is 2. The molecule has 1 rings (SSSR count). The summed E-state index contributed by atoms with van der Waals surface area (Å²) >= 11 is 5.84. The van der Waals surface area contributed by atoms with Crippen LogP contribution in [0.1, 0.15) is 13.8 Å². The highest BCUT2D eigenvalue weighted by Crippen LogP contribution is 2.24. The molecule has 90 valence electrons. The van der Waals surface area contributed by atoms with Crippen LogP contribution in [-0.2, 0) is 4.74 Å². The Balaban J connectivity index is 2.29. The number of hydrogen-bond acceptors (Lipinski definition) is 5. The molecule has 0 aliphatic rings. The van der Waals surface area contributed by atoms with Gasteiger partial charge in [0.05, 0.1) is 6.61 Å². The Morgan fingerprint density at radius 2 is 2.12 bits per heavy atom. The van der Waals surface area contributed by atoms with E-state index in [1.54, 1.807) is 0 Å². The normalized spacial score (nSPS) is 10.8. The molecule has 0 saturated heterocycles. The van der Waals surface area contributed by atoms with Crippen LogP contribution in [0, 0.1) is 5.92 Å². The largest absolute Gasteiger partial charge is 0.474 e. The van der Waals surface area contributed by atoms with Crippen LogP contribution in [-0.4, -0.2) is 29.8 Å². The molecule has 1 aromatic heterocycles. The lowest BCUT2D eigenvalue weighted by Gasteiger charge is -2.09. The minimum atomic E-state index is 0.217. The van der Waals surface area contributed by atoms with E-state index in [4.69, 9.17) is 26.8 Å². The summed E-state index contributed by atoms with van der Waals surface area (Å²) in [5, 5.41) is 0.242. The average molecular weight is 246 g/mol. The van der Waals surface area contributed by atoms with Crippen molar-refractivity contribution >= 4 is 17.4 Å². The van der Waals surface area contributed by atoms with Gasteiger partial charge >= 0.3 is 0 Å². The van der Waals surface area contributed by atoms with Crippen molar-refractivity contribution in [1.29, 1.82) is 0 Å². The molecular weight excluding hydrogens is 230 g/mol. The van der Waals surface area contributed by atoms with Gasteiger partial charge in [-0.25, -0.2) is 9.97 Å². The third kappa shape index (κ3) is 4.20. The number of hydrogen-bond donors (Lipinski definition) is 1. The van der Waals surface area contributed by atoms with Crippen molar-refractivity contribution in [2.75, 3.05) is 25.6 Å². The molecule has 0 aliphatic carbocycles. The zero-order chi connectivity index (χ0) is 12.0. The molecule has 16 heavy (non-hydrogen) atoms. The number of halogens is 1. The van der Waals surface area contributed by atoms with Crippen molar-refractivity contribution in [1.82, 2.24) is 9.97 Å². The van der Waals surface area contributed by atoms with Crippen molar-refractivity contribution < 1.29 is 9.47 Å². The highest BCUT2D eigenvalue weighted by atomic mass is 35.5. The van der Waals surface area contributed by atoms with Crippen LogP contribution in [0.2, 0.25) is 5.02 Å². The number of ether oxygens (including phenoxy) is 2. The monoisotopic (exact) mass is 245 g/mol. The maximum Gasteiger partial charge on any atom is 0.238 e. The summed E-state index contributed by atoms with van der Waals surface area (Å²) in [6, 6.07) is 0. The molecule has 1 heterocycles. The average Bonchev–Trinajstić information content (AvgIpc) is 2.23. The van der Waals surface area contributed by atoms with E-state index in [1.165, 1.54) is 6.33 Å². The molecule has 0 fully saturated rings. The van der Waals surface area contributed by atoms with Gasteiger partial charge in [0.1, 0.15) is 23.8 Å². The van der Waals surface area contributed by atoms with E-state index in [9.17, 15) is 0 Å². The predicted octanol–water partition coefficient (Wildman–Crippen LogP) is 1.76. The van der Waals surface area contributed by atoms with E-state index in [2.05, 4.69) is 23.8 Å². The summed E-state index contributed by atoms with van der Waals surface area (Å²) in [5.74, 6) is 1.02. The van der Waals surface area contributed by atoms with Crippen molar-refractivity contribution in [2.24, 2.45) is 5.92 Å². The molecule has 0 bridgehead atoms. The standard InChI is InChI=1S/C10H16ClN3O2/c1-7(2)5-15-3-4-16-10-8(11)9(12)13-6-14-10/h6-7H,3-5H2,1-2H3,(H2,12,13,14). The molecule has 6 heteroatoms. The van der Waals surface area contributed by atoms with Gasteiger partial charge in [-0.1, -0.05) is 25.4 Å². The Labute approximate surface area is 99.9 Å². The van der Waals surface area contributed by atoms with Gasteiger partial charge in [-0.15, -0.1) is 0 Å². The number of nitrogens with two attached hydrogens (primary N) is 1. The second kappa shape index (κ2) is 6.50. The van der Waals surface area contributed by atoms with Crippen LogP contribution in [0.3, 0.4) is 0 Å². The van der Waals surface area contributed by atoms with Crippen LogP contribution < -0.4 is 10.5 Å². The Hall–Kier alpha value is -1.07. The molecule has 0 aromatic carbocycles. The van der Waals surface area contributed by atoms with Crippen molar-refractivity contribution in [3.63, 3.8) is 0 Å². The smallest absolute Gasteiger partial charge is 0.238 e. The van der Waals surface area contributed by atoms with E-state index in [0.717, 1.165) is 0 Å². The van der Waals surface area contributed by atoms with Gasteiger partial charge in [-0.3, -0.25) is 0 Å². The Bertz CT molecular complexity index is 334. The van der Waals surface area contributed by atoms with Crippen LogP contribution in [0.5, 0.6) is 5.88 Å². The SMILES string of the molecule is CC(C)COCCOc1ncnc(N)c1Cl. The lowest BCUT2D eigenvalue weighted by molar-refractivity contribution is 0.0806. The Morgan fingerprint density at radius 1 is 1.38 bits per heavy atom. The second-order valence-electron chi connectivity index (χ2n) is 3.70. The van der Waals surface area contributed by atoms with Crippen molar-refractivity contribution in [3.05, 3.63) is 11.3 Å². The third-order valence-electron chi connectivity index (χ3n) is 1.70. The summed E-state index contributed by atoms with van der Waals surface area (Å²) in [6.45, 7) is 5.77. The number of nitrogen functional groups attached to an aromatic ring is 1. The topological polar surface area (TPSA) is 70.3 Å². The fourth-order valence-electron chi connectivity index (χ4n) is 0.983. The van der Waals surface area contributed by atoms with E-state index in [0.29, 0.717) is 31.6 Å². The Morgan fingerprint density at radius 3 is 2.81 bits per heavy atom. The first-order valence-electron chi connectivity index (χ1n) is 5.07. The minimum absolute atomic E-state index is 0.217. The molecule has 0 radical (unpaired) electrons. The second-order valence-corrected chi connectivity index (χ2v) is 4.07. The van der Waals surface area contributed by atoms with Crippen LogP contribution in [0.4, 0.5) is 5.82 Å². The van der Waals surface area contributed by atoms with Gasteiger partial charge in [0, 0.05) is 6.61 Å². The van der Waals surface area contributed by atoms with Crippen molar-refractivity contribution in [2.45, 2.75) is 13.8 Å². The molecule has 1 aromatic rings. The summed E-state index contributed by atoms with van der Waals surface area (Å²) in [4.78, 5) is 7.60. The zero-order valence-corrected chi connectivity index (χ0v) is 10.2. The molecule has 0 amide bonds. The molecule has 0 spiro atoms. The van der Waals surface area contributed by atoms with E-state index in [1.807, 2.05) is 0 Å². The fraction of sp³-hybridized carbons (Fsp3) is 0.600. The molecule has 0 atom stereocenters. The molecule has 0 aliphatic heterocycles. The highest BCUT2D eigenvalue weighted by Gasteiger charge is 2.07. The highest BCUT2D eigenvalue weighted by molar-refractivity contribution is 6.33. The lowest BCUT2D eigenvalue weighted by atomic mass is 10.2. The zero-order valence-electron chi connectivity index (χ0n) is 9.44. The number of rotatable bonds is 6. The summed E-state index contributed by atoms with van der Waals surface area (Å²) in [7, 11) is 0. The Kier molecular flexibility index (Phi) is 5.28. The number of anilines is 1. The summed E-state index contributed by atoms with van der Waals surface area (Å²) in [6.07, 6.45) is 1.31. The first-order valence-corrected chi connectivity index (χ1v) is 5.45. The number of aromatic nitrogens is 2. The molecule has 0 saturated carbocycles. The summed E-state index contributed by atoms with van der Waals surface area (Å²) in [5.41, 5.74) is 5.50. The van der Waals surface area contributed by atoms with Gasteiger partial charge in [0.2, 0.25) is 5.88 Å². The quantitative estimate of drug-likeness (QED) is 0.774. The van der Waals surface area contributed by atoms with Gasteiger partial charge in [-0.2, -0.15) is 0 Å².